The summed E-state index contributed by atoms with van der Waals surface area (Å²) in [5, 5.41) is 2.54. The van der Waals surface area contributed by atoms with Crippen molar-refractivity contribution < 1.29 is 4.79 Å². The topological polar surface area (TPSA) is 51.9 Å². The molecule has 0 saturated carbocycles. The number of amides is 1. The summed E-state index contributed by atoms with van der Waals surface area (Å²) in [5.41, 5.74) is 6.32. The van der Waals surface area contributed by atoms with E-state index >= 15 is 0 Å². The van der Waals surface area contributed by atoms with Crippen LogP contribution in [0.2, 0.25) is 0 Å². The Morgan fingerprint density at radius 3 is 2.72 bits per heavy atom. The average Bonchev–Trinajstić information content (AvgIpc) is 3.40. The summed E-state index contributed by atoms with van der Waals surface area (Å²) >= 11 is 0. The lowest BCUT2D eigenvalue weighted by molar-refractivity contribution is -0.134. The molecule has 2 bridgehead atoms. The first-order valence-corrected chi connectivity index (χ1v) is 10.8. The molecule has 2 aromatic carbocycles. The minimum Gasteiger partial charge on any atom is -0.358 e. The summed E-state index contributed by atoms with van der Waals surface area (Å²) < 4.78 is 0. The number of nitrogens with zero attached hydrogens (tertiary/aromatic N) is 1. The van der Waals surface area contributed by atoms with Crippen LogP contribution < -0.4 is 0 Å². The van der Waals surface area contributed by atoms with Gasteiger partial charge >= 0.3 is 0 Å². The van der Waals surface area contributed by atoms with Gasteiger partial charge < -0.3 is 14.9 Å². The van der Waals surface area contributed by atoms with Crippen LogP contribution in [-0.2, 0) is 17.6 Å². The van der Waals surface area contributed by atoms with Crippen molar-refractivity contribution in [3.63, 3.8) is 0 Å². The molecule has 0 spiro atoms. The highest BCUT2D eigenvalue weighted by atomic mass is 16.2. The zero-order valence-electron chi connectivity index (χ0n) is 16.4. The number of fused-ring (bicyclic) bond motifs is 7. The van der Waals surface area contributed by atoms with Crippen molar-refractivity contribution in [2.75, 3.05) is 0 Å². The standard InChI is InChI=1S/C25H25N3O/c29-24(11-5-7-17-14-16-6-1-3-9-20(16)26-17)28-18-12-13-23(28)25-19-8-2-4-10-21(19)27-22(25)15-18/h1-4,6,8-10,14,18,23,26-27H,5,7,11-13,15H2/t18-,23+/m0/s1. The molecule has 4 nitrogen and oxygen atoms in total. The third-order valence-corrected chi connectivity index (χ3v) is 6.81. The van der Waals surface area contributed by atoms with Crippen LogP contribution in [0.4, 0.5) is 0 Å². The lowest BCUT2D eigenvalue weighted by Crippen LogP contribution is -2.41. The summed E-state index contributed by atoms with van der Waals surface area (Å²) in [4.78, 5) is 22.5. The first-order valence-electron chi connectivity index (χ1n) is 10.8. The van der Waals surface area contributed by atoms with E-state index < -0.39 is 0 Å². The van der Waals surface area contributed by atoms with E-state index in [4.69, 9.17) is 0 Å². The van der Waals surface area contributed by atoms with Gasteiger partial charge in [0.15, 0.2) is 0 Å². The molecule has 2 aliphatic rings. The predicted octanol–water partition coefficient (Wildman–Crippen LogP) is 5.26. The summed E-state index contributed by atoms with van der Waals surface area (Å²) in [6.45, 7) is 0. The summed E-state index contributed by atoms with van der Waals surface area (Å²) in [5.74, 6) is 0.324. The van der Waals surface area contributed by atoms with E-state index in [1.165, 1.54) is 38.8 Å². The fraction of sp³-hybridized carbons (Fsp3) is 0.320. The van der Waals surface area contributed by atoms with Crippen molar-refractivity contribution in [2.24, 2.45) is 0 Å². The second-order valence-corrected chi connectivity index (χ2v) is 8.55. The normalized spacial score (nSPS) is 20.5. The van der Waals surface area contributed by atoms with Crippen LogP contribution in [-0.4, -0.2) is 26.8 Å². The number of rotatable bonds is 4. The number of benzene rings is 2. The number of aryl methyl sites for hydroxylation is 1. The van der Waals surface area contributed by atoms with Crippen molar-refractivity contribution in [3.05, 3.63) is 71.5 Å². The molecule has 2 atom stereocenters. The molecule has 2 N–H and O–H groups in total. The first kappa shape index (κ1) is 16.9. The molecule has 1 fully saturated rings. The Hall–Kier alpha value is -3.01. The van der Waals surface area contributed by atoms with Gasteiger partial charge in [-0.3, -0.25) is 4.79 Å². The molecular formula is C25H25N3O. The zero-order valence-corrected chi connectivity index (χ0v) is 16.4. The highest BCUT2D eigenvalue weighted by Gasteiger charge is 2.43. The van der Waals surface area contributed by atoms with E-state index in [0.29, 0.717) is 18.4 Å². The van der Waals surface area contributed by atoms with E-state index in [2.05, 4.69) is 69.5 Å². The van der Waals surface area contributed by atoms with Crippen molar-refractivity contribution in [2.45, 2.75) is 50.6 Å². The van der Waals surface area contributed by atoms with Gasteiger partial charge in [0, 0.05) is 52.3 Å². The van der Waals surface area contributed by atoms with Gasteiger partial charge in [0.2, 0.25) is 5.91 Å². The van der Waals surface area contributed by atoms with E-state index in [0.717, 1.165) is 32.1 Å². The molecule has 2 aliphatic heterocycles. The van der Waals surface area contributed by atoms with Crippen LogP contribution in [0.15, 0.2) is 54.6 Å². The maximum atomic E-state index is 13.2. The minimum absolute atomic E-state index is 0.250. The number of para-hydroxylation sites is 2. The molecule has 1 amide bonds. The monoisotopic (exact) mass is 383 g/mol. The Kier molecular flexibility index (Phi) is 3.80. The van der Waals surface area contributed by atoms with Gasteiger partial charge in [-0.05, 0) is 49.3 Å². The quantitative estimate of drug-likeness (QED) is 0.496. The molecule has 6 rings (SSSR count). The van der Waals surface area contributed by atoms with Crippen LogP contribution in [0.1, 0.15) is 48.7 Å². The zero-order chi connectivity index (χ0) is 19.4. The molecular weight excluding hydrogens is 358 g/mol. The highest BCUT2D eigenvalue weighted by molar-refractivity contribution is 5.87. The van der Waals surface area contributed by atoms with Crippen molar-refractivity contribution >= 4 is 27.7 Å². The second kappa shape index (κ2) is 6.51. The second-order valence-electron chi connectivity index (χ2n) is 8.55. The average molecular weight is 383 g/mol. The summed E-state index contributed by atoms with van der Waals surface area (Å²) in [6, 6.07) is 19.7. The Morgan fingerprint density at radius 2 is 1.83 bits per heavy atom. The number of aromatic nitrogens is 2. The van der Waals surface area contributed by atoms with Gasteiger partial charge in [0.25, 0.3) is 0 Å². The molecule has 0 aliphatic carbocycles. The van der Waals surface area contributed by atoms with Crippen molar-refractivity contribution in [3.8, 4) is 0 Å². The molecule has 4 heterocycles. The number of carbonyl (C=O) groups excluding carboxylic acids is 1. The van der Waals surface area contributed by atoms with Gasteiger partial charge in [-0.25, -0.2) is 0 Å². The molecule has 0 radical (unpaired) electrons. The van der Waals surface area contributed by atoms with E-state index in [1.54, 1.807) is 0 Å². The minimum atomic E-state index is 0.250. The highest BCUT2D eigenvalue weighted by Crippen LogP contribution is 2.46. The molecule has 1 saturated heterocycles. The maximum Gasteiger partial charge on any atom is 0.223 e. The van der Waals surface area contributed by atoms with E-state index in [9.17, 15) is 4.79 Å². The number of aromatic amines is 2. The fourth-order valence-electron chi connectivity index (χ4n) is 5.57. The van der Waals surface area contributed by atoms with Gasteiger partial charge in [0.1, 0.15) is 0 Å². The molecule has 29 heavy (non-hydrogen) atoms. The first-order chi connectivity index (χ1) is 14.3. The van der Waals surface area contributed by atoms with Crippen LogP contribution >= 0.6 is 0 Å². The third-order valence-electron chi connectivity index (χ3n) is 6.81. The number of nitrogens with one attached hydrogen (secondary N) is 2. The Bertz CT molecular complexity index is 1180. The van der Waals surface area contributed by atoms with E-state index in [-0.39, 0.29) is 6.04 Å². The summed E-state index contributed by atoms with van der Waals surface area (Å²) in [7, 11) is 0. The van der Waals surface area contributed by atoms with Crippen LogP contribution in [0, 0.1) is 0 Å². The number of hydrogen-bond acceptors (Lipinski definition) is 1. The number of carbonyl (C=O) groups is 1. The predicted molar refractivity (Wildman–Crippen MR) is 116 cm³/mol. The fourth-order valence-corrected chi connectivity index (χ4v) is 5.57. The Labute approximate surface area is 169 Å². The Balaban J connectivity index is 1.19. The van der Waals surface area contributed by atoms with Gasteiger partial charge in [0.05, 0.1) is 6.04 Å². The molecule has 0 unspecified atom stereocenters. The lowest BCUT2D eigenvalue weighted by Gasteiger charge is -2.35. The molecule has 4 heteroatoms. The molecule has 4 aromatic rings. The SMILES string of the molecule is O=C(CCCc1cc2ccccc2[nH]1)N1[C@H]2CC[C@@H]1c1c([nH]c3ccccc13)C2. The van der Waals surface area contributed by atoms with Gasteiger partial charge in [-0.2, -0.15) is 0 Å². The Morgan fingerprint density at radius 1 is 1.00 bits per heavy atom. The smallest absolute Gasteiger partial charge is 0.223 e. The molecule has 2 aromatic heterocycles. The third kappa shape index (κ3) is 2.70. The van der Waals surface area contributed by atoms with Crippen molar-refractivity contribution in [1.29, 1.82) is 0 Å². The van der Waals surface area contributed by atoms with Crippen LogP contribution in [0.5, 0.6) is 0 Å². The van der Waals surface area contributed by atoms with Crippen molar-refractivity contribution in [1.82, 2.24) is 14.9 Å². The summed E-state index contributed by atoms with van der Waals surface area (Å²) in [6.07, 6.45) is 5.61. The van der Waals surface area contributed by atoms with Gasteiger partial charge in [-0.15, -0.1) is 0 Å². The van der Waals surface area contributed by atoms with Crippen LogP contribution in [0.3, 0.4) is 0 Å². The molecule has 146 valence electrons. The number of H-pyrrole nitrogens is 2. The van der Waals surface area contributed by atoms with Crippen LogP contribution in [0.25, 0.3) is 21.8 Å². The largest absolute Gasteiger partial charge is 0.358 e. The maximum absolute atomic E-state index is 13.2. The number of hydrogen-bond donors (Lipinski definition) is 2. The van der Waals surface area contributed by atoms with E-state index in [1.807, 2.05) is 0 Å². The van der Waals surface area contributed by atoms with Gasteiger partial charge in [-0.1, -0.05) is 36.4 Å². The lowest BCUT2D eigenvalue weighted by atomic mass is 9.96.